The van der Waals surface area contributed by atoms with Gasteiger partial charge >= 0.3 is 0 Å². The van der Waals surface area contributed by atoms with Crippen LogP contribution >= 0.6 is 0 Å². The van der Waals surface area contributed by atoms with Crippen molar-refractivity contribution in [3.63, 3.8) is 0 Å². The van der Waals surface area contributed by atoms with E-state index < -0.39 is 0 Å². The van der Waals surface area contributed by atoms with Gasteiger partial charge in [-0.05, 0) is 86.6 Å². The molecule has 0 spiro atoms. The number of hydrogen-bond donors (Lipinski definition) is 0. The van der Waals surface area contributed by atoms with Crippen molar-refractivity contribution in [1.82, 2.24) is 0 Å². The Morgan fingerprint density at radius 2 is 1.00 bits per heavy atom. The van der Waals surface area contributed by atoms with Crippen LogP contribution in [0.2, 0.25) is 0 Å². The van der Waals surface area contributed by atoms with Gasteiger partial charge in [0.15, 0.2) is 0 Å². The first kappa shape index (κ1) is 22.6. The Balaban J connectivity index is 1.46. The van der Waals surface area contributed by atoms with Gasteiger partial charge in [-0.3, -0.25) is 0 Å². The summed E-state index contributed by atoms with van der Waals surface area (Å²) in [4.78, 5) is 2.35. The van der Waals surface area contributed by atoms with Gasteiger partial charge in [0.2, 0.25) is 0 Å². The van der Waals surface area contributed by atoms with E-state index in [1.54, 1.807) is 0 Å². The SMILES string of the molecule is CC1(C)c2cc(N(c3ccccc3)c3ccccc3)ccc2-c2cc(-c3ccccc3)c3ccccc3c21. The van der Waals surface area contributed by atoms with Gasteiger partial charge in [0.05, 0.1) is 0 Å². The van der Waals surface area contributed by atoms with Crippen LogP contribution in [0.4, 0.5) is 17.1 Å². The van der Waals surface area contributed by atoms with Gasteiger partial charge in [0.1, 0.15) is 0 Å². The quantitative estimate of drug-likeness (QED) is 0.239. The molecule has 0 saturated heterocycles. The van der Waals surface area contributed by atoms with Crippen LogP contribution in [0.1, 0.15) is 25.0 Å². The highest BCUT2D eigenvalue weighted by Crippen LogP contribution is 2.54. The lowest BCUT2D eigenvalue weighted by Crippen LogP contribution is -2.17. The van der Waals surface area contributed by atoms with Crippen molar-refractivity contribution in [2.24, 2.45) is 0 Å². The van der Waals surface area contributed by atoms with Crippen LogP contribution < -0.4 is 4.90 Å². The van der Waals surface area contributed by atoms with Gasteiger partial charge in [0.25, 0.3) is 0 Å². The molecule has 0 fully saturated rings. The van der Waals surface area contributed by atoms with Crippen LogP contribution in [0.25, 0.3) is 33.0 Å². The maximum absolute atomic E-state index is 2.42. The van der Waals surface area contributed by atoms with Gasteiger partial charge < -0.3 is 4.90 Å². The van der Waals surface area contributed by atoms with E-state index in [9.17, 15) is 0 Å². The molecule has 0 bridgehead atoms. The molecule has 6 aromatic carbocycles. The van der Waals surface area contributed by atoms with E-state index in [-0.39, 0.29) is 5.41 Å². The zero-order valence-electron chi connectivity index (χ0n) is 21.7. The van der Waals surface area contributed by atoms with E-state index >= 15 is 0 Å². The summed E-state index contributed by atoms with van der Waals surface area (Å²) in [7, 11) is 0. The Bertz CT molecular complexity index is 1730. The van der Waals surface area contributed by atoms with Crippen LogP contribution in [-0.4, -0.2) is 0 Å². The Kier molecular flexibility index (Phi) is 5.19. The maximum Gasteiger partial charge on any atom is 0.0465 e. The van der Waals surface area contributed by atoms with Crippen molar-refractivity contribution in [3.8, 4) is 22.3 Å². The number of anilines is 3. The molecule has 0 heterocycles. The predicted octanol–water partition coefficient (Wildman–Crippen LogP) is 10.3. The van der Waals surface area contributed by atoms with Crippen molar-refractivity contribution >= 4 is 27.8 Å². The highest BCUT2D eigenvalue weighted by atomic mass is 15.1. The Morgan fingerprint density at radius 1 is 0.447 bits per heavy atom. The molecular formula is C37H29N. The smallest absolute Gasteiger partial charge is 0.0465 e. The molecule has 38 heavy (non-hydrogen) atoms. The van der Waals surface area contributed by atoms with Gasteiger partial charge in [-0.15, -0.1) is 0 Å². The fraction of sp³-hybridized carbons (Fsp3) is 0.0811. The Labute approximate surface area is 224 Å². The van der Waals surface area contributed by atoms with Gasteiger partial charge in [-0.2, -0.15) is 0 Å². The van der Waals surface area contributed by atoms with E-state index in [1.165, 1.54) is 49.8 Å². The fourth-order valence-electron chi connectivity index (χ4n) is 6.28. The number of rotatable bonds is 4. The zero-order valence-corrected chi connectivity index (χ0v) is 21.7. The summed E-state index contributed by atoms with van der Waals surface area (Å²) in [5.41, 5.74) is 11.4. The van der Waals surface area contributed by atoms with Gasteiger partial charge in [-0.25, -0.2) is 0 Å². The molecule has 0 N–H and O–H groups in total. The molecule has 1 nitrogen and oxygen atoms in total. The number of benzene rings is 6. The lowest BCUT2D eigenvalue weighted by atomic mass is 9.79. The number of para-hydroxylation sites is 2. The molecule has 0 atom stereocenters. The van der Waals surface area contributed by atoms with Crippen molar-refractivity contribution in [2.75, 3.05) is 4.90 Å². The monoisotopic (exact) mass is 487 g/mol. The normalized spacial score (nSPS) is 13.2. The van der Waals surface area contributed by atoms with Crippen LogP contribution in [0.5, 0.6) is 0 Å². The molecular weight excluding hydrogens is 458 g/mol. The fourth-order valence-corrected chi connectivity index (χ4v) is 6.28. The van der Waals surface area contributed by atoms with Crippen LogP contribution in [0.15, 0.2) is 140 Å². The molecule has 0 aromatic heterocycles. The lowest BCUT2D eigenvalue weighted by Gasteiger charge is -2.28. The number of hydrogen-bond acceptors (Lipinski definition) is 1. The minimum absolute atomic E-state index is 0.130. The Morgan fingerprint density at radius 3 is 1.63 bits per heavy atom. The van der Waals surface area contributed by atoms with Crippen molar-refractivity contribution in [1.29, 1.82) is 0 Å². The molecule has 1 heteroatoms. The highest BCUT2D eigenvalue weighted by Gasteiger charge is 2.38. The molecule has 1 aliphatic rings. The molecule has 6 aromatic rings. The van der Waals surface area contributed by atoms with Crippen LogP contribution in [0, 0.1) is 0 Å². The van der Waals surface area contributed by atoms with Gasteiger partial charge in [-0.1, -0.05) is 111 Å². The number of nitrogens with zero attached hydrogens (tertiary/aromatic N) is 1. The van der Waals surface area contributed by atoms with E-state index in [0.717, 1.165) is 11.4 Å². The van der Waals surface area contributed by atoms with E-state index in [0.29, 0.717) is 0 Å². The average Bonchev–Trinajstić information content (AvgIpc) is 3.20. The first-order chi connectivity index (χ1) is 18.6. The molecule has 0 saturated carbocycles. The van der Waals surface area contributed by atoms with Crippen molar-refractivity contribution in [3.05, 3.63) is 151 Å². The average molecular weight is 488 g/mol. The van der Waals surface area contributed by atoms with Crippen LogP contribution in [-0.2, 0) is 5.41 Å². The van der Waals surface area contributed by atoms with Crippen LogP contribution in [0.3, 0.4) is 0 Å². The third-order valence-corrected chi connectivity index (χ3v) is 8.01. The molecule has 182 valence electrons. The first-order valence-electron chi connectivity index (χ1n) is 13.3. The second kappa shape index (κ2) is 8.75. The van der Waals surface area contributed by atoms with E-state index in [1.807, 2.05) is 0 Å². The molecule has 0 amide bonds. The second-order valence-corrected chi connectivity index (χ2v) is 10.6. The summed E-state index contributed by atoms with van der Waals surface area (Å²) >= 11 is 0. The summed E-state index contributed by atoms with van der Waals surface area (Å²) in [6.07, 6.45) is 0. The highest BCUT2D eigenvalue weighted by molar-refractivity contribution is 6.06. The minimum Gasteiger partial charge on any atom is -0.310 e. The predicted molar refractivity (Wildman–Crippen MR) is 162 cm³/mol. The molecule has 0 radical (unpaired) electrons. The number of fused-ring (bicyclic) bond motifs is 5. The topological polar surface area (TPSA) is 3.24 Å². The second-order valence-electron chi connectivity index (χ2n) is 10.6. The van der Waals surface area contributed by atoms with Gasteiger partial charge in [0, 0.05) is 22.5 Å². The molecule has 0 aliphatic heterocycles. The largest absolute Gasteiger partial charge is 0.310 e. The summed E-state index contributed by atoms with van der Waals surface area (Å²) in [6, 6.07) is 50.4. The molecule has 0 unspecified atom stereocenters. The standard InChI is InChI=1S/C37H29N/c1-37(2)35-24-29(38(27-16-8-4-9-17-27)28-18-10-5-11-19-28)22-23-31(35)34-25-33(26-14-6-3-7-15-26)30-20-12-13-21-32(30)36(34)37/h3-25H,1-2H3. The minimum atomic E-state index is -0.130. The summed E-state index contributed by atoms with van der Waals surface area (Å²) in [5, 5.41) is 2.66. The summed E-state index contributed by atoms with van der Waals surface area (Å²) in [6.45, 7) is 4.76. The summed E-state index contributed by atoms with van der Waals surface area (Å²) < 4.78 is 0. The zero-order chi connectivity index (χ0) is 25.7. The lowest BCUT2D eigenvalue weighted by molar-refractivity contribution is 0.666. The summed E-state index contributed by atoms with van der Waals surface area (Å²) in [5.74, 6) is 0. The third kappa shape index (κ3) is 3.47. The van der Waals surface area contributed by atoms with Crippen molar-refractivity contribution in [2.45, 2.75) is 19.3 Å². The van der Waals surface area contributed by atoms with E-state index in [4.69, 9.17) is 0 Å². The Hall–Kier alpha value is -4.62. The molecule has 1 aliphatic carbocycles. The maximum atomic E-state index is 2.42. The van der Waals surface area contributed by atoms with E-state index in [2.05, 4.69) is 158 Å². The third-order valence-electron chi connectivity index (χ3n) is 8.01. The molecule has 7 rings (SSSR count). The van der Waals surface area contributed by atoms with Crippen molar-refractivity contribution < 1.29 is 0 Å². The first-order valence-corrected chi connectivity index (χ1v) is 13.3.